The van der Waals surface area contributed by atoms with E-state index in [4.69, 9.17) is 4.52 Å². The van der Waals surface area contributed by atoms with Crippen LogP contribution in [0.4, 0.5) is 0 Å². The zero-order chi connectivity index (χ0) is 19.0. The van der Waals surface area contributed by atoms with Crippen molar-refractivity contribution < 1.29 is 9.32 Å². The van der Waals surface area contributed by atoms with Gasteiger partial charge in [0.2, 0.25) is 5.91 Å². The average Bonchev–Trinajstić information content (AvgIpc) is 3.26. The summed E-state index contributed by atoms with van der Waals surface area (Å²) < 4.78 is 5.44. The predicted octanol–water partition coefficient (Wildman–Crippen LogP) is 3.27. The molecule has 2 aromatic rings. The molecule has 2 aliphatic rings. The molecule has 4 rings (SSSR count). The molecule has 3 heterocycles. The van der Waals surface area contributed by atoms with E-state index >= 15 is 0 Å². The lowest BCUT2D eigenvalue weighted by molar-refractivity contribution is -0.147. The lowest BCUT2D eigenvalue weighted by atomic mass is 9.78. The van der Waals surface area contributed by atoms with Crippen molar-refractivity contribution in [3.63, 3.8) is 0 Å². The number of aryl methyl sites for hydroxylation is 1. The average molecular weight is 368 g/mol. The van der Waals surface area contributed by atoms with Gasteiger partial charge in [-0.2, -0.15) is 4.98 Å². The molecule has 1 aromatic carbocycles. The van der Waals surface area contributed by atoms with Crippen LogP contribution in [0.2, 0.25) is 0 Å². The molecule has 0 N–H and O–H groups in total. The van der Waals surface area contributed by atoms with Gasteiger partial charge in [-0.15, -0.1) is 0 Å². The molecular weight excluding hydrogens is 340 g/mol. The fraction of sp³-hybridized carbons (Fsp3) is 0.571. The largest absolute Gasteiger partial charge is 0.340 e. The Morgan fingerprint density at radius 2 is 1.96 bits per heavy atom. The molecule has 144 valence electrons. The van der Waals surface area contributed by atoms with E-state index in [0.717, 1.165) is 44.5 Å². The van der Waals surface area contributed by atoms with Gasteiger partial charge in [0.05, 0.1) is 12.0 Å². The summed E-state index contributed by atoms with van der Waals surface area (Å²) in [5, 5.41) is 4.15. The molecular formula is C21H28N4O2. The number of rotatable bonds is 4. The summed E-state index contributed by atoms with van der Waals surface area (Å²) in [6, 6.07) is 8.35. The van der Waals surface area contributed by atoms with Gasteiger partial charge in [-0.05, 0) is 58.7 Å². The molecule has 6 heteroatoms. The number of hydrogen-bond donors (Lipinski definition) is 0. The number of carbonyl (C=O) groups excluding carboxylic acids is 1. The van der Waals surface area contributed by atoms with Crippen LogP contribution in [-0.4, -0.2) is 51.5 Å². The van der Waals surface area contributed by atoms with Gasteiger partial charge < -0.3 is 9.42 Å². The maximum Gasteiger partial charge on any atom is 0.257 e. The summed E-state index contributed by atoms with van der Waals surface area (Å²) in [5.74, 6) is 1.57. The number of piperidine rings is 1. The molecule has 2 aliphatic heterocycles. The summed E-state index contributed by atoms with van der Waals surface area (Å²) in [6.45, 7) is 9.49. The number of amides is 1. The molecule has 27 heavy (non-hydrogen) atoms. The van der Waals surface area contributed by atoms with E-state index in [1.54, 1.807) is 0 Å². The van der Waals surface area contributed by atoms with E-state index in [9.17, 15) is 4.79 Å². The third-order valence-corrected chi connectivity index (χ3v) is 5.96. The second-order valence-electron chi connectivity index (χ2n) is 8.32. The number of likely N-dealkylation sites (tertiary alicyclic amines) is 2. The lowest BCUT2D eigenvalue weighted by Gasteiger charge is -2.41. The first kappa shape index (κ1) is 18.2. The van der Waals surface area contributed by atoms with Crippen LogP contribution < -0.4 is 0 Å². The smallest absolute Gasteiger partial charge is 0.257 e. The second-order valence-corrected chi connectivity index (χ2v) is 8.32. The van der Waals surface area contributed by atoms with Gasteiger partial charge in [0.1, 0.15) is 0 Å². The Morgan fingerprint density at radius 1 is 1.19 bits per heavy atom. The van der Waals surface area contributed by atoms with Crippen LogP contribution in [0.15, 0.2) is 28.8 Å². The van der Waals surface area contributed by atoms with Gasteiger partial charge in [0.25, 0.3) is 5.89 Å². The normalized spacial score (nSPS) is 23.7. The standard InChI is InChI=1S/C21H28N4O2/c1-15(2)25-11-4-9-21(20(25)26)10-12-24(14-21)13-18-22-19(27-23-18)17-7-5-16(3)6-8-17/h5-8,15H,4,9-14H2,1-3H3/t21-/m0/s1. The molecule has 0 saturated carbocycles. The van der Waals surface area contributed by atoms with Gasteiger partial charge in [-0.1, -0.05) is 22.9 Å². The molecule has 0 radical (unpaired) electrons. The fourth-order valence-electron chi connectivity index (χ4n) is 4.40. The van der Waals surface area contributed by atoms with Crippen molar-refractivity contribution in [2.24, 2.45) is 5.41 Å². The summed E-state index contributed by atoms with van der Waals surface area (Å²) >= 11 is 0. The first-order chi connectivity index (χ1) is 13.0. The Kier molecular flexibility index (Phi) is 4.76. The topological polar surface area (TPSA) is 62.5 Å². The first-order valence-electron chi connectivity index (χ1n) is 9.90. The molecule has 2 fully saturated rings. The van der Waals surface area contributed by atoms with Gasteiger partial charge in [-0.25, -0.2) is 0 Å². The molecule has 1 atom stereocenters. The predicted molar refractivity (Wildman–Crippen MR) is 103 cm³/mol. The summed E-state index contributed by atoms with van der Waals surface area (Å²) in [6.07, 6.45) is 3.02. The van der Waals surface area contributed by atoms with Crippen LogP contribution >= 0.6 is 0 Å². The molecule has 0 aliphatic carbocycles. The van der Waals surface area contributed by atoms with Crippen LogP contribution in [0.5, 0.6) is 0 Å². The van der Waals surface area contributed by atoms with Crippen LogP contribution in [-0.2, 0) is 11.3 Å². The second kappa shape index (κ2) is 7.08. The van der Waals surface area contributed by atoms with Crippen LogP contribution in [0.1, 0.15) is 44.5 Å². The van der Waals surface area contributed by atoms with Crippen LogP contribution in [0, 0.1) is 12.3 Å². The Morgan fingerprint density at radius 3 is 2.70 bits per heavy atom. The van der Waals surface area contributed by atoms with Gasteiger partial charge >= 0.3 is 0 Å². The molecule has 1 amide bonds. The maximum atomic E-state index is 13.1. The Labute approximate surface area is 160 Å². The van der Waals surface area contributed by atoms with E-state index in [1.165, 1.54) is 5.56 Å². The maximum absolute atomic E-state index is 13.1. The number of benzene rings is 1. The number of nitrogens with zero attached hydrogens (tertiary/aromatic N) is 4. The highest BCUT2D eigenvalue weighted by molar-refractivity contribution is 5.84. The van der Waals surface area contributed by atoms with Crippen LogP contribution in [0.3, 0.4) is 0 Å². The Balaban J connectivity index is 1.43. The number of aromatic nitrogens is 2. The highest BCUT2D eigenvalue weighted by Crippen LogP contribution is 2.41. The Bertz CT molecular complexity index is 814. The fourth-order valence-corrected chi connectivity index (χ4v) is 4.40. The number of hydrogen-bond acceptors (Lipinski definition) is 5. The monoisotopic (exact) mass is 368 g/mol. The minimum atomic E-state index is -0.216. The van der Waals surface area contributed by atoms with Gasteiger partial charge in [0.15, 0.2) is 5.82 Å². The molecule has 1 spiro atoms. The van der Waals surface area contributed by atoms with Gasteiger partial charge in [0, 0.05) is 24.7 Å². The SMILES string of the molecule is Cc1ccc(-c2nc(CN3CC[C@@]4(CCCN(C(C)C)C4=O)C3)no2)cc1. The van der Waals surface area contributed by atoms with E-state index in [2.05, 4.69) is 40.7 Å². The third kappa shape index (κ3) is 3.50. The molecule has 0 unspecified atom stereocenters. The highest BCUT2D eigenvalue weighted by Gasteiger charge is 2.48. The minimum absolute atomic E-state index is 0.216. The third-order valence-electron chi connectivity index (χ3n) is 5.96. The van der Waals surface area contributed by atoms with E-state index in [-0.39, 0.29) is 11.5 Å². The summed E-state index contributed by atoms with van der Waals surface area (Å²) in [4.78, 5) is 22.0. The van der Waals surface area contributed by atoms with Crippen molar-refractivity contribution in [3.8, 4) is 11.5 Å². The van der Waals surface area contributed by atoms with Crippen molar-refractivity contribution in [2.75, 3.05) is 19.6 Å². The van der Waals surface area contributed by atoms with Crippen molar-refractivity contribution in [1.29, 1.82) is 0 Å². The van der Waals surface area contributed by atoms with Crippen molar-refractivity contribution in [3.05, 3.63) is 35.7 Å². The van der Waals surface area contributed by atoms with E-state index < -0.39 is 0 Å². The first-order valence-corrected chi connectivity index (χ1v) is 9.90. The summed E-state index contributed by atoms with van der Waals surface area (Å²) in [7, 11) is 0. The van der Waals surface area contributed by atoms with Gasteiger partial charge in [-0.3, -0.25) is 9.69 Å². The van der Waals surface area contributed by atoms with Crippen molar-refractivity contribution in [2.45, 2.75) is 52.6 Å². The molecule has 6 nitrogen and oxygen atoms in total. The van der Waals surface area contributed by atoms with Crippen molar-refractivity contribution >= 4 is 5.91 Å². The minimum Gasteiger partial charge on any atom is -0.340 e. The molecule has 0 bridgehead atoms. The zero-order valence-corrected chi connectivity index (χ0v) is 16.4. The Hall–Kier alpha value is -2.21. The molecule has 2 saturated heterocycles. The van der Waals surface area contributed by atoms with E-state index in [1.807, 2.05) is 24.3 Å². The quantitative estimate of drug-likeness (QED) is 0.829. The zero-order valence-electron chi connectivity index (χ0n) is 16.4. The van der Waals surface area contributed by atoms with Crippen molar-refractivity contribution in [1.82, 2.24) is 19.9 Å². The van der Waals surface area contributed by atoms with E-state index in [0.29, 0.717) is 24.2 Å². The lowest BCUT2D eigenvalue weighted by Crippen LogP contribution is -2.52. The van der Waals surface area contributed by atoms with Crippen LogP contribution in [0.25, 0.3) is 11.5 Å². The highest BCUT2D eigenvalue weighted by atomic mass is 16.5. The molecule has 1 aromatic heterocycles. The number of carbonyl (C=O) groups is 1. The summed E-state index contributed by atoms with van der Waals surface area (Å²) in [5.41, 5.74) is 1.92.